The van der Waals surface area contributed by atoms with E-state index in [1.165, 1.54) is 0 Å². The molecule has 1 saturated heterocycles. The topological polar surface area (TPSA) is 74.2 Å². The van der Waals surface area contributed by atoms with Gasteiger partial charge in [-0.25, -0.2) is 0 Å². The van der Waals surface area contributed by atoms with Crippen molar-refractivity contribution >= 4 is 45.1 Å². The SMILES string of the molecule is O=C(Nc1cc(N=Cc2cc(Br)ccc2O)ccc1N1CCOCC1)c1ccccc1. The van der Waals surface area contributed by atoms with Gasteiger partial charge < -0.3 is 20.1 Å². The average molecular weight is 480 g/mol. The summed E-state index contributed by atoms with van der Waals surface area (Å²) in [5.41, 5.74) is 3.46. The second-order valence-corrected chi connectivity index (χ2v) is 8.00. The highest BCUT2D eigenvalue weighted by molar-refractivity contribution is 9.10. The number of benzene rings is 3. The number of hydrogen-bond acceptors (Lipinski definition) is 5. The highest BCUT2D eigenvalue weighted by Gasteiger charge is 2.17. The number of aliphatic imine (C=N–C) groups is 1. The van der Waals surface area contributed by atoms with Gasteiger partial charge in [-0.3, -0.25) is 9.79 Å². The Morgan fingerprint density at radius 3 is 2.61 bits per heavy atom. The molecule has 31 heavy (non-hydrogen) atoms. The summed E-state index contributed by atoms with van der Waals surface area (Å²) in [6.45, 7) is 2.80. The Bertz CT molecular complexity index is 1100. The van der Waals surface area contributed by atoms with Crippen LogP contribution in [0.25, 0.3) is 0 Å². The van der Waals surface area contributed by atoms with E-state index in [0.29, 0.717) is 35.7 Å². The van der Waals surface area contributed by atoms with Gasteiger partial charge in [-0.05, 0) is 48.5 Å². The van der Waals surface area contributed by atoms with Crippen LogP contribution in [0.15, 0.2) is 76.2 Å². The molecule has 1 aliphatic rings. The lowest BCUT2D eigenvalue weighted by Crippen LogP contribution is -2.36. The molecule has 6 nitrogen and oxygen atoms in total. The molecule has 1 fully saturated rings. The number of ether oxygens (including phenoxy) is 1. The lowest BCUT2D eigenvalue weighted by atomic mass is 10.1. The van der Waals surface area contributed by atoms with Gasteiger partial charge in [0, 0.05) is 34.9 Å². The van der Waals surface area contributed by atoms with Gasteiger partial charge >= 0.3 is 0 Å². The fraction of sp³-hybridized carbons (Fsp3) is 0.167. The quantitative estimate of drug-likeness (QED) is 0.505. The molecule has 158 valence electrons. The van der Waals surface area contributed by atoms with Crippen molar-refractivity contribution in [3.63, 3.8) is 0 Å². The van der Waals surface area contributed by atoms with Crippen molar-refractivity contribution in [2.24, 2.45) is 4.99 Å². The molecule has 2 N–H and O–H groups in total. The first kappa shape index (κ1) is 21.1. The standard InChI is InChI=1S/C24H22BrN3O3/c25-19-6-9-23(29)18(14-19)16-26-20-7-8-22(28-10-12-31-13-11-28)21(15-20)27-24(30)17-4-2-1-3-5-17/h1-9,14-16,29H,10-13H2,(H,27,30). The van der Waals surface area contributed by atoms with E-state index in [1.807, 2.05) is 36.4 Å². The smallest absolute Gasteiger partial charge is 0.255 e. The van der Waals surface area contributed by atoms with E-state index in [-0.39, 0.29) is 11.7 Å². The van der Waals surface area contributed by atoms with E-state index in [2.05, 4.69) is 31.1 Å². The summed E-state index contributed by atoms with van der Waals surface area (Å²) in [6, 6.07) is 20.0. The molecule has 0 radical (unpaired) electrons. The number of hydrogen-bond donors (Lipinski definition) is 2. The Morgan fingerprint density at radius 1 is 1.06 bits per heavy atom. The Balaban J connectivity index is 1.64. The van der Waals surface area contributed by atoms with Gasteiger partial charge in [0.05, 0.1) is 30.3 Å². The van der Waals surface area contributed by atoms with E-state index in [1.54, 1.807) is 36.5 Å². The zero-order valence-electron chi connectivity index (χ0n) is 16.8. The zero-order valence-corrected chi connectivity index (χ0v) is 18.4. The number of carbonyl (C=O) groups excluding carboxylic acids is 1. The summed E-state index contributed by atoms with van der Waals surface area (Å²) >= 11 is 3.40. The Hall–Kier alpha value is -3.16. The molecule has 0 spiro atoms. The van der Waals surface area contributed by atoms with Crippen molar-refractivity contribution in [1.29, 1.82) is 0 Å². The van der Waals surface area contributed by atoms with E-state index in [0.717, 1.165) is 23.2 Å². The molecule has 0 saturated carbocycles. The summed E-state index contributed by atoms with van der Waals surface area (Å²) < 4.78 is 6.32. The fourth-order valence-corrected chi connectivity index (χ4v) is 3.72. The van der Waals surface area contributed by atoms with Crippen LogP contribution in [0.3, 0.4) is 0 Å². The second-order valence-electron chi connectivity index (χ2n) is 7.08. The largest absolute Gasteiger partial charge is 0.507 e. The van der Waals surface area contributed by atoms with Crippen LogP contribution in [0.4, 0.5) is 17.1 Å². The van der Waals surface area contributed by atoms with Crippen LogP contribution in [0, 0.1) is 0 Å². The van der Waals surface area contributed by atoms with E-state index < -0.39 is 0 Å². The third-order valence-corrected chi connectivity index (χ3v) is 5.45. The molecule has 7 heteroatoms. The molecule has 3 aromatic carbocycles. The van der Waals surface area contributed by atoms with E-state index in [4.69, 9.17) is 4.74 Å². The Labute approximate surface area is 189 Å². The third kappa shape index (κ3) is 5.31. The van der Waals surface area contributed by atoms with Crippen molar-refractivity contribution in [3.05, 3.63) is 82.3 Å². The third-order valence-electron chi connectivity index (χ3n) is 4.96. The van der Waals surface area contributed by atoms with Gasteiger partial charge in [0.1, 0.15) is 5.75 Å². The van der Waals surface area contributed by atoms with Crippen LogP contribution in [-0.4, -0.2) is 43.5 Å². The van der Waals surface area contributed by atoms with Crippen LogP contribution in [0.1, 0.15) is 15.9 Å². The molecular weight excluding hydrogens is 458 g/mol. The molecule has 0 aromatic heterocycles. The maximum Gasteiger partial charge on any atom is 0.255 e. The predicted octanol–water partition coefficient (Wildman–Crippen LogP) is 4.99. The maximum atomic E-state index is 12.8. The number of amides is 1. The maximum absolute atomic E-state index is 12.8. The Kier molecular flexibility index (Phi) is 6.64. The van der Waals surface area contributed by atoms with Gasteiger partial charge in [-0.2, -0.15) is 0 Å². The summed E-state index contributed by atoms with van der Waals surface area (Å²) in [5.74, 6) is -0.0321. The van der Waals surface area contributed by atoms with Crippen LogP contribution < -0.4 is 10.2 Å². The molecule has 0 aliphatic carbocycles. The first-order chi connectivity index (χ1) is 15.1. The number of phenolic OH excluding ortho intramolecular Hbond substituents is 1. The van der Waals surface area contributed by atoms with Crippen molar-refractivity contribution in [1.82, 2.24) is 0 Å². The van der Waals surface area contributed by atoms with Gasteiger partial charge in [0.15, 0.2) is 0 Å². The minimum atomic E-state index is -0.180. The van der Waals surface area contributed by atoms with Gasteiger partial charge in [-0.1, -0.05) is 34.1 Å². The first-order valence-corrected chi connectivity index (χ1v) is 10.8. The molecule has 0 atom stereocenters. The summed E-state index contributed by atoms with van der Waals surface area (Å²) in [4.78, 5) is 19.5. The number of halogens is 1. The monoisotopic (exact) mass is 479 g/mol. The summed E-state index contributed by atoms with van der Waals surface area (Å²) in [7, 11) is 0. The number of nitrogens with one attached hydrogen (secondary N) is 1. The summed E-state index contributed by atoms with van der Waals surface area (Å²) in [5, 5.41) is 13.1. The molecule has 3 aromatic rings. The van der Waals surface area contributed by atoms with Crippen LogP contribution in [0.5, 0.6) is 5.75 Å². The number of anilines is 2. The van der Waals surface area contributed by atoms with E-state index in [9.17, 15) is 9.90 Å². The van der Waals surface area contributed by atoms with Crippen molar-refractivity contribution < 1.29 is 14.6 Å². The lowest BCUT2D eigenvalue weighted by Gasteiger charge is -2.30. The van der Waals surface area contributed by atoms with E-state index >= 15 is 0 Å². The molecular formula is C24H22BrN3O3. The highest BCUT2D eigenvalue weighted by Crippen LogP contribution is 2.32. The number of nitrogens with zero attached hydrogens (tertiary/aromatic N) is 2. The number of carbonyl (C=O) groups is 1. The van der Waals surface area contributed by atoms with Gasteiger partial charge in [0.25, 0.3) is 5.91 Å². The lowest BCUT2D eigenvalue weighted by molar-refractivity contribution is 0.102. The number of morpholine rings is 1. The number of phenols is 1. The van der Waals surface area contributed by atoms with Crippen LogP contribution in [-0.2, 0) is 4.74 Å². The highest BCUT2D eigenvalue weighted by atomic mass is 79.9. The summed E-state index contributed by atoms with van der Waals surface area (Å²) in [6.07, 6.45) is 1.60. The molecule has 4 rings (SSSR count). The fourth-order valence-electron chi connectivity index (χ4n) is 3.34. The molecule has 1 aliphatic heterocycles. The van der Waals surface area contributed by atoms with Crippen LogP contribution >= 0.6 is 15.9 Å². The van der Waals surface area contributed by atoms with Crippen LogP contribution in [0.2, 0.25) is 0 Å². The number of aromatic hydroxyl groups is 1. The zero-order chi connectivity index (χ0) is 21.6. The minimum Gasteiger partial charge on any atom is -0.507 e. The first-order valence-electron chi connectivity index (χ1n) is 9.96. The van der Waals surface area contributed by atoms with Crippen molar-refractivity contribution in [3.8, 4) is 5.75 Å². The minimum absolute atomic E-state index is 0.148. The number of rotatable bonds is 5. The Morgan fingerprint density at radius 2 is 1.84 bits per heavy atom. The van der Waals surface area contributed by atoms with Gasteiger partial charge in [-0.15, -0.1) is 0 Å². The molecule has 0 unspecified atom stereocenters. The second kappa shape index (κ2) is 9.76. The normalized spacial score (nSPS) is 14.0. The molecule has 1 heterocycles. The van der Waals surface area contributed by atoms with Crippen molar-refractivity contribution in [2.45, 2.75) is 0 Å². The van der Waals surface area contributed by atoms with Crippen molar-refractivity contribution in [2.75, 3.05) is 36.5 Å². The average Bonchev–Trinajstić information content (AvgIpc) is 2.81. The molecule has 1 amide bonds. The molecule has 0 bridgehead atoms. The predicted molar refractivity (Wildman–Crippen MR) is 127 cm³/mol. The van der Waals surface area contributed by atoms with Gasteiger partial charge in [0.2, 0.25) is 0 Å².